The zero-order valence-electron chi connectivity index (χ0n) is 8.52. The van der Waals surface area contributed by atoms with E-state index in [0.29, 0.717) is 5.65 Å². The molecule has 0 radical (unpaired) electrons. The van der Waals surface area contributed by atoms with Crippen LogP contribution in [0, 0.1) is 0 Å². The minimum atomic E-state index is -0.0305. The molecule has 2 aromatic rings. The zero-order chi connectivity index (χ0) is 10.2. The van der Waals surface area contributed by atoms with Crippen LogP contribution in [0.25, 0.3) is 11.0 Å². The Labute approximate surface area is 82.4 Å². The first-order valence-electron chi connectivity index (χ1n) is 4.53. The Bertz CT molecular complexity index is 454. The number of aromatic nitrogens is 4. The van der Waals surface area contributed by atoms with Crippen LogP contribution >= 0.6 is 0 Å². The van der Waals surface area contributed by atoms with Crippen LogP contribution in [-0.4, -0.2) is 20.4 Å². The molecule has 0 aromatic carbocycles. The fourth-order valence-electron chi connectivity index (χ4n) is 1.38. The molecular weight excluding hydrogens is 176 g/mol. The molecule has 0 saturated heterocycles. The average Bonchev–Trinajstić information content (AvgIpc) is 2.15. The van der Waals surface area contributed by atoms with Crippen molar-refractivity contribution in [3.8, 4) is 0 Å². The smallest absolute Gasteiger partial charge is 0.185 e. The second-order valence-electron chi connectivity index (χ2n) is 4.26. The molecule has 0 bridgehead atoms. The second-order valence-corrected chi connectivity index (χ2v) is 4.26. The van der Waals surface area contributed by atoms with Crippen molar-refractivity contribution >= 4 is 11.0 Å². The number of fused-ring (bicyclic) bond motifs is 1. The van der Waals surface area contributed by atoms with Gasteiger partial charge in [-0.3, -0.25) is 0 Å². The lowest BCUT2D eigenvalue weighted by Gasteiger charge is -2.17. The van der Waals surface area contributed by atoms with E-state index in [1.807, 2.05) is 12.1 Å². The molecule has 0 aliphatic heterocycles. The SMILES string of the molecule is CC(C)(C)c1nnnc2ncccc12. The highest BCUT2D eigenvalue weighted by Crippen LogP contribution is 2.24. The summed E-state index contributed by atoms with van der Waals surface area (Å²) in [5, 5.41) is 12.7. The summed E-state index contributed by atoms with van der Waals surface area (Å²) in [6, 6.07) is 3.87. The summed E-state index contributed by atoms with van der Waals surface area (Å²) in [6.07, 6.45) is 1.71. The third-order valence-electron chi connectivity index (χ3n) is 2.04. The molecule has 0 saturated carbocycles. The van der Waals surface area contributed by atoms with Gasteiger partial charge in [0.15, 0.2) is 5.65 Å². The van der Waals surface area contributed by atoms with Crippen molar-refractivity contribution in [2.24, 2.45) is 0 Å². The first kappa shape index (κ1) is 8.99. The second kappa shape index (κ2) is 2.97. The van der Waals surface area contributed by atoms with Gasteiger partial charge < -0.3 is 0 Å². The fourth-order valence-corrected chi connectivity index (χ4v) is 1.38. The van der Waals surface area contributed by atoms with Gasteiger partial charge in [0.2, 0.25) is 0 Å². The molecule has 0 aliphatic rings. The number of hydrogen-bond acceptors (Lipinski definition) is 4. The largest absolute Gasteiger partial charge is 0.235 e. The molecule has 0 fully saturated rings. The summed E-state index contributed by atoms with van der Waals surface area (Å²) in [6.45, 7) is 6.30. The normalized spacial score (nSPS) is 11.9. The zero-order valence-corrected chi connectivity index (χ0v) is 8.52. The molecule has 2 heterocycles. The Balaban J connectivity index is 2.78. The van der Waals surface area contributed by atoms with Gasteiger partial charge in [-0.05, 0) is 17.3 Å². The van der Waals surface area contributed by atoms with Gasteiger partial charge >= 0.3 is 0 Å². The van der Waals surface area contributed by atoms with Crippen LogP contribution in [-0.2, 0) is 5.41 Å². The Morgan fingerprint density at radius 2 is 1.93 bits per heavy atom. The van der Waals surface area contributed by atoms with Gasteiger partial charge in [-0.2, -0.15) is 0 Å². The Morgan fingerprint density at radius 3 is 2.64 bits per heavy atom. The monoisotopic (exact) mass is 188 g/mol. The van der Waals surface area contributed by atoms with Gasteiger partial charge in [0.05, 0.1) is 5.69 Å². The molecule has 0 atom stereocenters. The first-order chi connectivity index (χ1) is 6.59. The Morgan fingerprint density at radius 1 is 1.14 bits per heavy atom. The van der Waals surface area contributed by atoms with Crippen molar-refractivity contribution in [1.29, 1.82) is 0 Å². The van der Waals surface area contributed by atoms with E-state index in [1.54, 1.807) is 6.20 Å². The van der Waals surface area contributed by atoms with Crippen LogP contribution in [0.1, 0.15) is 26.5 Å². The van der Waals surface area contributed by atoms with E-state index in [-0.39, 0.29) is 5.41 Å². The summed E-state index contributed by atoms with van der Waals surface area (Å²) in [5.41, 5.74) is 1.57. The summed E-state index contributed by atoms with van der Waals surface area (Å²) in [7, 11) is 0. The highest BCUT2D eigenvalue weighted by molar-refractivity contribution is 5.77. The lowest BCUT2D eigenvalue weighted by molar-refractivity contribution is 0.559. The predicted molar refractivity (Wildman–Crippen MR) is 53.8 cm³/mol. The molecule has 4 nitrogen and oxygen atoms in total. The van der Waals surface area contributed by atoms with Crippen LogP contribution in [0.5, 0.6) is 0 Å². The molecule has 14 heavy (non-hydrogen) atoms. The Hall–Kier alpha value is -1.58. The number of pyridine rings is 1. The molecule has 0 amide bonds. The summed E-state index contributed by atoms with van der Waals surface area (Å²) < 4.78 is 0. The number of hydrogen-bond donors (Lipinski definition) is 0. The van der Waals surface area contributed by atoms with E-state index in [4.69, 9.17) is 0 Å². The summed E-state index contributed by atoms with van der Waals surface area (Å²) in [5.74, 6) is 0. The summed E-state index contributed by atoms with van der Waals surface area (Å²) >= 11 is 0. The van der Waals surface area contributed by atoms with E-state index < -0.39 is 0 Å². The van der Waals surface area contributed by atoms with E-state index >= 15 is 0 Å². The van der Waals surface area contributed by atoms with Crippen LogP contribution in [0.4, 0.5) is 0 Å². The van der Waals surface area contributed by atoms with Crippen molar-refractivity contribution in [3.05, 3.63) is 24.0 Å². The topological polar surface area (TPSA) is 51.6 Å². The standard InChI is InChI=1S/C10H12N4/c1-10(2,3)8-7-5-4-6-11-9(7)13-14-12-8/h4-6H,1-3H3. The maximum atomic E-state index is 4.14. The quantitative estimate of drug-likeness (QED) is 0.631. The molecular formula is C10H12N4. The van der Waals surface area contributed by atoms with Gasteiger partial charge in [0.25, 0.3) is 0 Å². The van der Waals surface area contributed by atoms with Crippen molar-refractivity contribution < 1.29 is 0 Å². The van der Waals surface area contributed by atoms with E-state index in [1.165, 1.54) is 0 Å². The molecule has 0 N–H and O–H groups in total. The first-order valence-corrected chi connectivity index (χ1v) is 4.53. The van der Waals surface area contributed by atoms with Gasteiger partial charge in [0, 0.05) is 17.0 Å². The average molecular weight is 188 g/mol. The van der Waals surface area contributed by atoms with Crippen molar-refractivity contribution in [1.82, 2.24) is 20.4 Å². The lowest BCUT2D eigenvalue weighted by atomic mass is 9.90. The third kappa shape index (κ3) is 1.43. The third-order valence-corrected chi connectivity index (χ3v) is 2.04. The molecule has 2 rings (SSSR count). The molecule has 0 unspecified atom stereocenters. The molecule has 2 aromatic heterocycles. The highest BCUT2D eigenvalue weighted by atomic mass is 15.3. The van der Waals surface area contributed by atoms with Crippen molar-refractivity contribution in [2.75, 3.05) is 0 Å². The van der Waals surface area contributed by atoms with Crippen molar-refractivity contribution in [2.45, 2.75) is 26.2 Å². The minimum absolute atomic E-state index is 0.0305. The number of rotatable bonds is 0. The molecule has 0 spiro atoms. The lowest BCUT2D eigenvalue weighted by Crippen LogP contribution is -2.15. The van der Waals surface area contributed by atoms with E-state index in [9.17, 15) is 0 Å². The highest BCUT2D eigenvalue weighted by Gasteiger charge is 2.19. The van der Waals surface area contributed by atoms with Gasteiger partial charge in [-0.1, -0.05) is 20.8 Å². The molecule has 72 valence electrons. The fraction of sp³-hybridized carbons (Fsp3) is 0.400. The summed E-state index contributed by atoms with van der Waals surface area (Å²) in [4.78, 5) is 4.14. The van der Waals surface area contributed by atoms with Crippen LogP contribution in [0.15, 0.2) is 18.3 Å². The van der Waals surface area contributed by atoms with Gasteiger partial charge in [-0.15, -0.1) is 10.2 Å². The van der Waals surface area contributed by atoms with E-state index in [2.05, 4.69) is 41.2 Å². The van der Waals surface area contributed by atoms with Crippen molar-refractivity contribution in [3.63, 3.8) is 0 Å². The number of nitrogens with zero attached hydrogens (tertiary/aromatic N) is 4. The maximum absolute atomic E-state index is 4.14. The molecule has 4 heteroatoms. The van der Waals surface area contributed by atoms with Crippen LogP contribution < -0.4 is 0 Å². The van der Waals surface area contributed by atoms with Crippen LogP contribution in [0.3, 0.4) is 0 Å². The van der Waals surface area contributed by atoms with Gasteiger partial charge in [-0.25, -0.2) is 4.98 Å². The van der Waals surface area contributed by atoms with Crippen LogP contribution in [0.2, 0.25) is 0 Å². The van der Waals surface area contributed by atoms with Gasteiger partial charge in [0.1, 0.15) is 0 Å². The molecule has 0 aliphatic carbocycles. The Kier molecular flexibility index (Phi) is 1.91. The minimum Gasteiger partial charge on any atom is -0.235 e. The predicted octanol–water partition coefficient (Wildman–Crippen LogP) is 1.72. The van der Waals surface area contributed by atoms with E-state index in [0.717, 1.165) is 11.1 Å². The maximum Gasteiger partial charge on any atom is 0.185 e.